The van der Waals surface area contributed by atoms with Crippen molar-refractivity contribution in [1.82, 2.24) is 15.1 Å². The Morgan fingerprint density at radius 3 is 2.58 bits per heavy atom. The normalized spacial score (nSPS) is 24.9. The van der Waals surface area contributed by atoms with Crippen molar-refractivity contribution in [2.75, 3.05) is 26.2 Å². The number of benzene rings is 1. The van der Waals surface area contributed by atoms with Crippen LogP contribution >= 0.6 is 0 Å². The minimum Gasteiger partial charge on any atom is -0.508 e. The molecule has 0 bridgehead atoms. The van der Waals surface area contributed by atoms with Gasteiger partial charge < -0.3 is 15.3 Å². The van der Waals surface area contributed by atoms with Gasteiger partial charge in [-0.3, -0.25) is 14.5 Å². The average molecular weight is 331 g/mol. The van der Waals surface area contributed by atoms with E-state index in [1.807, 2.05) is 0 Å². The summed E-state index contributed by atoms with van der Waals surface area (Å²) in [7, 11) is 0. The average Bonchev–Trinajstić information content (AvgIpc) is 2.54. The van der Waals surface area contributed by atoms with Crippen molar-refractivity contribution in [2.45, 2.75) is 32.4 Å². The molecule has 2 aliphatic heterocycles. The Labute approximate surface area is 142 Å². The van der Waals surface area contributed by atoms with E-state index < -0.39 is 6.04 Å². The van der Waals surface area contributed by atoms with Gasteiger partial charge in [0.05, 0.1) is 0 Å². The molecule has 6 heteroatoms. The number of carbonyl (C=O) groups is 2. The second-order valence-electron chi connectivity index (χ2n) is 7.13. The van der Waals surface area contributed by atoms with Gasteiger partial charge in [-0.25, -0.2) is 0 Å². The fourth-order valence-electron chi connectivity index (χ4n) is 3.55. The maximum atomic E-state index is 12.7. The molecule has 2 heterocycles. The molecule has 130 valence electrons. The topological polar surface area (TPSA) is 72.9 Å². The van der Waals surface area contributed by atoms with Crippen LogP contribution in [0.3, 0.4) is 0 Å². The summed E-state index contributed by atoms with van der Waals surface area (Å²) in [5.74, 6) is 0.670. The first-order valence-electron chi connectivity index (χ1n) is 8.55. The summed E-state index contributed by atoms with van der Waals surface area (Å²) in [6, 6.07) is 5.86. The highest BCUT2D eigenvalue weighted by molar-refractivity contribution is 5.97. The van der Waals surface area contributed by atoms with Gasteiger partial charge in [0.1, 0.15) is 17.8 Å². The molecule has 0 radical (unpaired) electrons. The summed E-state index contributed by atoms with van der Waals surface area (Å²) in [5, 5.41) is 12.2. The van der Waals surface area contributed by atoms with Gasteiger partial charge in [-0.2, -0.15) is 0 Å². The number of nitrogens with zero attached hydrogens (tertiary/aromatic N) is 2. The van der Waals surface area contributed by atoms with E-state index in [1.54, 1.807) is 29.2 Å². The first-order valence-corrected chi connectivity index (χ1v) is 8.55. The van der Waals surface area contributed by atoms with Crippen molar-refractivity contribution in [1.29, 1.82) is 0 Å². The van der Waals surface area contributed by atoms with Gasteiger partial charge in [-0.15, -0.1) is 0 Å². The zero-order valence-electron chi connectivity index (χ0n) is 14.2. The van der Waals surface area contributed by atoms with Gasteiger partial charge in [0, 0.05) is 32.6 Å². The number of phenols is 1. The molecule has 1 aromatic rings. The number of aromatic hydroxyl groups is 1. The molecule has 2 amide bonds. The molecule has 0 aliphatic carbocycles. The molecule has 24 heavy (non-hydrogen) atoms. The second-order valence-corrected chi connectivity index (χ2v) is 7.13. The molecular weight excluding hydrogens is 306 g/mol. The van der Waals surface area contributed by atoms with Crippen molar-refractivity contribution >= 4 is 11.8 Å². The number of hydrogen-bond donors (Lipinski definition) is 2. The zero-order chi connectivity index (χ0) is 17.3. The first kappa shape index (κ1) is 16.8. The van der Waals surface area contributed by atoms with E-state index in [-0.39, 0.29) is 23.6 Å². The monoisotopic (exact) mass is 331 g/mol. The number of piperazine rings is 2. The summed E-state index contributed by atoms with van der Waals surface area (Å²) in [6.07, 6.45) is 0.448. The Morgan fingerprint density at radius 2 is 1.92 bits per heavy atom. The van der Waals surface area contributed by atoms with Gasteiger partial charge in [0.2, 0.25) is 11.8 Å². The van der Waals surface area contributed by atoms with E-state index in [2.05, 4.69) is 24.1 Å². The molecule has 0 spiro atoms. The summed E-state index contributed by atoms with van der Waals surface area (Å²) in [4.78, 5) is 29.2. The molecule has 3 rings (SSSR count). The summed E-state index contributed by atoms with van der Waals surface area (Å²) < 4.78 is 0. The SMILES string of the molecule is CC(C)CN1CCN2C(=O)[C@@H](Cc3ccc(O)cc3)NC(=O)[C@H]2C1. The lowest BCUT2D eigenvalue weighted by Gasteiger charge is -2.45. The predicted octanol–water partition coefficient (Wildman–Crippen LogP) is 0.602. The standard InChI is InChI=1S/C18H25N3O3/c1-12(2)10-20-7-8-21-16(11-20)17(23)19-15(18(21)24)9-13-3-5-14(22)6-4-13/h3-6,12,15-16,22H,7-11H2,1-2H3,(H,19,23)/t15-,16-/m1/s1. The minimum absolute atomic E-state index is 0.00290. The van der Waals surface area contributed by atoms with Gasteiger partial charge in [-0.05, 0) is 23.6 Å². The molecule has 6 nitrogen and oxygen atoms in total. The Morgan fingerprint density at radius 1 is 1.21 bits per heavy atom. The lowest BCUT2D eigenvalue weighted by Crippen LogP contribution is -2.69. The van der Waals surface area contributed by atoms with Crippen LogP contribution in [0.2, 0.25) is 0 Å². The quantitative estimate of drug-likeness (QED) is 0.848. The van der Waals surface area contributed by atoms with Gasteiger partial charge in [0.15, 0.2) is 0 Å². The fraction of sp³-hybridized carbons (Fsp3) is 0.556. The van der Waals surface area contributed by atoms with Crippen LogP contribution in [-0.2, 0) is 16.0 Å². The molecule has 0 saturated carbocycles. The van der Waals surface area contributed by atoms with E-state index in [4.69, 9.17) is 0 Å². The number of nitrogens with one attached hydrogen (secondary N) is 1. The lowest BCUT2D eigenvalue weighted by atomic mass is 9.98. The molecule has 2 N–H and O–H groups in total. The van der Waals surface area contributed by atoms with Crippen molar-refractivity contribution in [3.05, 3.63) is 29.8 Å². The minimum atomic E-state index is -0.519. The number of phenolic OH excluding ortho intramolecular Hbond substituents is 1. The predicted molar refractivity (Wildman–Crippen MR) is 90.5 cm³/mol. The van der Waals surface area contributed by atoms with Crippen LogP contribution in [0, 0.1) is 5.92 Å². The molecule has 2 saturated heterocycles. The zero-order valence-corrected chi connectivity index (χ0v) is 14.2. The largest absolute Gasteiger partial charge is 0.508 e. The molecule has 0 unspecified atom stereocenters. The third-order valence-electron chi connectivity index (χ3n) is 4.66. The maximum Gasteiger partial charge on any atom is 0.246 e. The highest BCUT2D eigenvalue weighted by Gasteiger charge is 2.43. The molecule has 0 aromatic heterocycles. The Balaban J connectivity index is 1.67. The van der Waals surface area contributed by atoms with Crippen molar-refractivity contribution in [3.63, 3.8) is 0 Å². The summed E-state index contributed by atoms with van der Waals surface area (Å²) >= 11 is 0. The Kier molecular flexibility index (Phi) is 4.76. The number of amides is 2. The number of carbonyl (C=O) groups excluding carboxylic acids is 2. The van der Waals surface area contributed by atoms with Crippen molar-refractivity contribution < 1.29 is 14.7 Å². The number of rotatable bonds is 4. The third kappa shape index (κ3) is 3.53. The molecule has 2 atom stereocenters. The summed E-state index contributed by atoms with van der Waals surface area (Å²) in [6.45, 7) is 7.30. The second kappa shape index (κ2) is 6.81. The van der Waals surface area contributed by atoms with Crippen LogP contribution in [0.1, 0.15) is 19.4 Å². The first-order chi connectivity index (χ1) is 11.4. The van der Waals surface area contributed by atoms with Crippen LogP contribution < -0.4 is 5.32 Å². The van der Waals surface area contributed by atoms with E-state index in [0.29, 0.717) is 25.4 Å². The van der Waals surface area contributed by atoms with Crippen molar-refractivity contribution in [3.8, 4) is 5.75 Å². The number of fused-ring (bicyclic) bond motifs is 1. The van der Waals surface area contributed by atoms with Gasteiger partial charge in [-0.1, -0.05) is 26.0 Å². The molecule has 2 aliphatic rings. The van der Waals surface area contributed by atoms with E-state index in [0.717, 1.165) is 18.7 Å². The summed E-state index contributed by atoms with van der Waals surface area (Å²) in [5.41, 5.74) is 0.920. The van der Waals surface area contributed by atoms with Crippen LogP contribution in [0.4, 0.5) is 0 Å². The Hall–Kier alpha value is -2.08. The lowest BCUT2D eigenvalue weighted by molar-refractivity contribution is -0.153. The van der Waals surface area contributed by atoms with Crippen LogP contribution in [0.25, 0.3) is 0 Å². The van der Waals surface area contributed by atoms with Crippen LogP contribution in [0.15, 0.2) is 24.3 Å². The fourth-order valence-corrected chi connectivity index (χ4v) is 3.55. The molecule has 1 aromatic carbocycles. The third-order valence-corrected chi connectivity index (χ3v) is 4.66. The molecular formula is C18H25N3O3. The van der Waals surface area contributed by atoms with Crippen LogP contribution in [-0.4, -0.2) is 65.0 Å². The van der Waals surface area contributed by atoms with E-state index >= 15 is 0 Å². The van der Waals surface area contributed by atoms with Crippen molar-refractivity contribution in [2.24, 2.45) is 5.92 Å². The smallest absolute Gasteiger partial charge is 0.246 e. The number of hydrogen-bond acceptors (Lipinski definition) is 4. The Bertz CT molecular complexity index is 614. The molecule has 2 fully saturated rings. The highest BCUT2D eigenvalue weighted by atomic mass is 16.3. The van der Waals surface area contributed by atoms with Gasteiger partial charge in [0.25, 0.3) is 0 Å². The van der Waals surface area contributed by atoms with Crippen LogP contribution in [0.5, 0.6) is 5.75 Å². The highest BCUT2D eigenvalue weighted by Crippen LogP contribution is 2.20. The van der Waals surface area contributed by atoms with Gasteiger partial charge >= 0.3 is 0 Å². The van der Waals surface area contributed by atoms with E-state index in [9.17, 15) is 14.7 Å². The maximum absolute atomic E-state index is 12.7. The van der Waals surface area contributed by atoms with E-state index in [1.165, 1.54) is 0 Å².